The summed E-state index contributed by atoms with van der Waals surface area (Å²) in [5.41, 5.74) is 0.515. The first-order valence-corrected chi connectivity index (χ1v) is 4.53. The molecule has 0 aromatic rings. The Kier molecular flexibility index (Phi) is 2.71. The lowest BCUT2D eigenvalue weighted by Crippen LogP contribution is -2.42. The van der Waals surface area contributed by atoms with Gasteiger partial charge in [0.25, 0.3) is 0 Å². The van der Waals surface area contributed by atoms with E-state index in [9.17, 15) is 0 Å². The maximum absolute atomic E-state index is 4.97. The molecule has 0 saturated heterocycles. The first-order valence-electron chi connectivity index (χ1n) is 4.12. The molecular formula is C8H16N2S. The Labute approximate surface area is 73.7 Å². The minimum absolute atomic E-state index is 0.515. The van der Waals surface area contributed by atoms with Crippen molar-refractivity contribution in [2.75, 3.05) is 13.6 Å². The molecule has 0 radical (unpaired) electrons. The van der Waals surface area contributed by atoms with Crippen molar-refractivity contribution in [3.8, 4) is 0 Å². The van der Waals surface area contributed by atoms with Crippen LogP contribution >= 0.6 is 12.2 Å². The molecular weight excluding hydrogens is 156 g/mol. The van der Waals surface area contributed by atoms with Gasteiger partial charge >= 0.3 is 0 Å². The van der Waals surface area contributed by atoms with Crippen molar-refractivity contribution in [3.63, 3.8) is 0 Å². The van der Waals surface area contributed by atoms with Crippen LogP contribution in [-0.2, 0) is 0 Å². The molecule has 0 bridgehead atoms. The number of hydrogen-bond donors (Lipinski definition) is 2. The number of rotatable bonds is 2. The van der Waals surface area contributed by atoms with Crippen LogP contribution in [0.2, 0.25) is 0 Å². The Morgan fingerprint density at radius 2 is 2.18 bits per heavy atom. The minimum Gasteiger partial charge on any atom is -0.366 e. The average molecular weight is 172 g/mol. The van der Waals surface area contributed by atoms with E-state index >= 15 is 0 Å². The van der Waals surface area contributed by atoms with Crippen LogP contribution in [0.15, 0.2) is 0 Å². The minimum atomic E-state index is 0.515. The Hall–Kier alpha value is -0.310. The lowest BCUT2D eigenvalue weighted by molar-refractivity contribution is 0.165. The molecule has 0 heterocycles. The van der Waals surface area contributed by atoms with E-state index in [-0.39, 0.29) is 0 Å². The van der Waals surface area contributed by atoms with Gasteiger partial charge in [0.05, 0.1) is 0 Å². The van der Waals surface area contributed by atoms with E-state index in [0.717, 1.165) is 11.7 Å². The molecule has 0 spiro atoms. The van der Waals surface area contributed by atoms with Crippen LogP contribution in [0, 0.1) is 5.41 Å². The van der Waals surface area contributed by atoms with E-state index in [0.29, 0.717) is 5.41 Å². The van der Waals surface area contributed by atoms with Crippen molar-refractivity contribution in [1.82, 2.24) is 10.6 Å². The molecule has 0 aliphatic heterocycles. The Morgan fingerprint density at radius 3 is 2.55 bits per heavy atom. The molecule has 0 amide bonds. The topological polar surface area (TPSA) is 24.1 Å². The number of nitrogens with one attached hydrogen (secondary N) is 2. The van der Waals surface area contributed by atoms with Crippen molar-refractivity contribution in [2.24, 2.45) is 5.41 Å². The van der Waals surface area contributed by atoms with E-state index in [1.807, 2.05) is 7.05 Å². The maximum atomic E-state index is 4.97. The van der Waals surface area contributed by atoms with Gasteiger partial charge in [-0.25, -0.2) is 0 Å². The summed E-state index contributed by atoms with van der Waals surface area (Å²) < 4.78 is 0. The molecule has 3 heteroatoms. The van der Waals surface area contributed by atoms with Gasteiger partial charge in [0, 0.05) is 13.6 Å². The van der Waals surface area contributed by atoms with Gasteiger partial charge in [0.15, 0.2) is 5.11 Å². The molecule has 2 N–H and O–H groups in total. The van der Waals surface area contributed by atoms with Crippen molar-refractivity contribution < 1.29 is 0 Å². The van der Waals surface area contributed by atoms with E-state index in [2.05, 4.69) is 17.6 Å². The van der Waals surface area contributed by atoms with Crippen molar-refractivity contribution >= 4 is 17.3 Å². The van der Waals surface area contributed by atoms with Crippen molar-refractivity contribution in [1.29, 1.82) is 0 Å². The third kappa shape index (κ3) is 2.33. The zero-order valence-corrected chi connectivity index (χ0v) is 8.05. The molecule has 0 aromatic carbocycles. The van der Waals surface area contributed by atoms with Crippen LogP contribution in [0.3, 0.4) is 0 Å². The highest BCUT2D eigenvalue weighted by Gasteiger charge is 2.31. The van der Waals surface area contributed by atoms with Crippen molar-refractivity contribution in [3.05, 3.63) is 0 Å². The fourth-order valence-corrected chi connectivity index (χ4v) is 1.41. The maximum Gasteiger partial charge on any atom is 0.166 e. The summed E-state index contributed by atoms with van der Waals surface area (Å²) in [6.07, 6.45) is 4.06. The summed E-state index contributed by atoms with van der Waals surface area (Å²) in [5, 5.41) is 6.86. The van der Waals surface area contributed by atoms with Gasteiger partial charge in [-0.3, -0.25) is 0 Å². The van der Waals surface area contributed by atoms with Gasteiger partial charge in [-0.05, 0) is 30.5 Å². The highest BCUT2D eigenvalue weighted by molar-refractivity contribution is 7.80. The van der Waals surface area contributed by atoms with Crippen LogP contribution in [0.4, 0.5) is 0 Å². The van der Waals surface area contributed by atoms with Gasteiger partial charge in [-0.1, -0.05) is 13.3 Å². The molecule has 1 saturated carbocycles. The summed E-state index contributed by atoms with van der Waals surface area (Å²) in [6, 6.07) is 0. The van der Waals surface area contributed by atoms with Crippen LogP contribution in [-0.4, -0.2) is 18.7 Å². The standard InChI is InChI=1S/C8H16N2S/c1-8(4-3-5-8)6-10-7(11)9-2/h3-6H2,1-2H3,(H2,9,10,11). The summed E-state index contributed by atoms with van der Waals surface area (Å²) in [6.45, 7) is 3.33. The van der Waals surface area contributed by atoms with E-state index in [1.165, 1.54) is 19.3 Å². The monoisotopic (exact) mass is 172 g/mol. The summed E-state index contributed by atoms with van der Waals surface area (Å²) >= 11 is 4.97. The lowest BCUT2D eigenvalue weighted by atomic mass is 9.70. The van der Waals surface area contributed by atoms with Gasteiger partial charge in [-0.2, -0.15) is 0 Å². The van der Waals surface area contributed by atoms with Crippen molar-refractivity contribution in [2.45, 2.75) is 26.2 Å². The quantitative estimate of drug-likeness (QED) is 0.613. The van der Waals surface area contributed by atoms with E-state index < -0.39 is 0 Å². The van der Waals surface area contributed by atoms with Gasteiger partial charge in [0.2, 0.25) is 0 Å². The Bertz CT molecular complexity index is 152. The molecule has 1 aliphatic rings. The predicted octanol–water partition coefficient (Wildman–Crippen LogP) is 1.27. The summed E-state index contributed by atoms with van der Waals surface area (Å²) in [5.74, 6) is 0. The Balaban J connectivity index is 2.16. The summed E-state index contributed by atoms with van der Waals surface area (Å²) in [7, 11) is 1.85. The zero-order chi connectivity index (χ0) is 8.32. The molecule has 1 aliphatic carbocycles. The zero-order valence-electron chi connectivity index (χ0n) is 7.24. The average Bonchev–Trinajstić information content (AvgIpc) is 1.96. The van der Waals surface area contributed by atoms with Gasteiger partial charge in [-0.15, -0.1) is 0 Å². The lowest BCUT2D eigenvalue weighted by Gasteiger charge is -2.38. The smallest absolute Gasteiger partial charge is 0.166 e. The second-order valence-corrected chi connectivity index (χ2v) is 4.01. The highest BCUT2D eigenvalue weighted by Crippen LogP contribution is 2.39. The van der Waals surface area contributed by atoms with E-state index in [1.54, 1.807) is 0 Å². The molecule has 0 unspecified atom stereocenters. The highest BCUT2D eigenvalue weighted by atomic mass is 32.1. The number of hydrogen-bond acceptors (Lipinski definition) is 1. The largest absolute Gasteiger partial charge is 0.366 e. The fourth-order valence-electron chi connectivity index (χ4n) is 1.34. The molecule has 64 valence electrons. The van der Waals surface area contributed by atoms with Crippen LogP contribution < -0.4 is 10.6 Å². The molecule has 0 atom stereocenters. The second kappa shape index (κ2) is 3.39. The van der Waals surface area contributed by atoms with Gasteiger partial charge in [0.1, 0.15) is 0 Å². The van der Waals surface area contributed by atoms with Gasteiger partial charge < -0.3 is 10.6 Å². The predicted molar refractivity (Wildman–Crippen MR) is 51.6 cm³/mol. The molecule has 1 rings (SSSR count). The second-order valence-electron chi connectivity index (χ2n) is 3.60. The summed E-state index contributed by atoms with van der Waals surface area (Å²) in [4.78, 5) is 0. The molecule has 0 aromatic heterocycles. The van der Waals surface area contributed by atoms with Crippen LogP contribution in [0.1, 0.15) is 26.2 Å². The third-order valence-corrected chi connectivity index (χ3v) is 2.81. The Morgan fingerprint density at radius 1 is 1.55 bits per heavy atom. The first-order chi connectivity index (χ1) is 5.16. The first kappa shape index (κ1) is 8.78. The molecule has 1 fully saturated rings. The third-order valence-electron chi connectivity index (χ3n) is 2.46. The molecule has 11 heavy (non-hydrogen) atoms. The van der Waals surface area contributed by atoms with E-state index in [4.69, 9.17) is 12.2 Å². The van der Waals surface area contributed by atoms with Crippen LogP contribution in [0.5, 0.6) is 0 Å². The molecule has 2 nitrogen and oxygen atoms in total. The van der Waals surface area contributed by atoms with Crippen LogP contribution in [0.25, 0.3) is 0 Å². The SMILES string of the molecule is CNC(=S)NCC1(C)CCC1. The number of thiocarbonyl (C=S) groups is 1. The normalized spacial score (nSPS) is 20.2. The fraction of sp³-hybridized carbons (Fsp3) is 0.875.